The molecule has 1 aliphatic heterocycles. The van der Waals surface area contributed by atoms with Gasteiger partial charge in [-0.3, -0.25) is 14.5 Å². The van der Waals surface area contributed by atoms with E-state index >= 15 is 0 Å². The molecule has 0 aliphatic carbocycles. The fraction of sp³-hybridized carbons (Fsp3) is 0.400. The van der Waals surface area contributed by atoms with E-state index in [1.54, 1.807) is 17.0 Å². The Morgan fingerprint density at radius 3 is 2.82 bits per heavy atom. The van der Waals surface area contributed by atoms with Crippen molar-refractivity contribution in [1.82, 2.24) is 4.90 Å². The van der Waals surface area contributed by atoms with Crippen LogP contribution in [0.25, 0.3) is 0 Å². The number of para-hydroxylation sites is 1. The predicted octanol–water partition coefficient (Wildman–Crippen LogP) is 3.18. The Bertz CT molecular complexity index is 595. The lowest BCUT2D eigenvalue weighted by molar-refractivity contribution is -0.126. The summed E-state index contributed by atoms with van der Waals surface area (Å²) in [4.78, 5) is 25.4. The third-order valence-electron chi connectivity index (χ3n) is 3.31. The van der Waals surface area contributed by atoms with Crippen LogP contribution < -0.4 is 5.32 Å². The Morgan fingerprint density at radius 1 is 1.45 bits per heavy atom. The van der Waals surface area contributed by atoms with Crippen LogP contribution in [0.2, 0.25) is 0 Å². The summed E-state index contributed by atoms with van der Waals surface area (Å²) in [7, 11) is 0. The Morgan fingerprint density at radius 2 is 2.18 bits per heavy atom. The minimum Gasteiger partial charge on any atom is -0.324 e. The highest BCUT2D eigenvalue weighted by Gasteiger charge is 2.35. The lowest BCUT2D eigenvalue weighted by Crippen LogP contribution is -2.32. The van der Waals surface area contributed by atoms with Gasteiger partial charge in [0.25, 0.3) is 0 Å². The second kappa shape index (κ2) is 7.69. The molecule has 0 radical (unpaired) electrons. The summed E-state index contributed by atoms with van der Waals surface area (Å²) >= 11 is 6.58. The van der Waals surface area contributed by atoms with Crippen LogP contribution in [-0.4, -0.2) is 32.8 Å². The first-order valence-electron chi connectivity index (χ1n) is 7.09. The van der Waals surface area contributed by atoms with Gasteiger partial charge in [0.05, 0.1) is 10.9 Å². The van der Waals surface area contributed by atoms with E-state index in [1.165, 1.54) is 23.9 Å². The van der Waals surface area contributed by atoms with Gasteiger partial charge in [0, 0.05) is 13.0 Å². The van der Waals surface area contributed by atoms with Crippen molar-refractivity contribution in [3.8, 4) is 0 Å². The molecule has 0 spiro atoms. The van der Waals surface area contributed by atoms with E-state index < -0.39 is 5.82 Å². The van der Waals surface area contributed by atoms with Gasteiger partial charge in [-0.2, -0.15) is 0 Å². The van der Waals surface area contributed by atoms with Crippen LogP contribution in [0.4, 0.5) is 10.1 Å². The average molecular weight is 340 g/mol. The van der Waals surface area contributed by atoms with Crippen molar-refractivity contribution in [2.45, 2.75) is 31.4 Å². The third-order valence-corrected chi connectivity index (χ3v) is 5.06. The van der Waals surface area contributed by atoms with Gasteiger partial charge >= 0.3 is 0 Å². The zero-order valence-corrected chi connectivity index (χ0v) is 13.8. The van der Waals surface area contributed by atoms with Gasteiger partial charge in [-0.05, 0) is 25.0 Å². The van der Waals surface area contributed by atoms with Gasteiger partial charge in [0.1, 0.15) is 10.1 Å². The number of anilines is 1. The van der Waals surface area contributed by atoms with Crippen LogP contribution in [0.15, 0.2) is 24.3 Å². The van der Waals surface area contributed by atoms with E-state index in [2.05, 4.69) is 5.32 Å². The quantitative estimate of drug-likeness (QED) is 0.808. The topological polar surface area (TPSA) is 49.4 Å². The molecule has 118 valence electrons. The van der Waals surface area contributed by atoms with E-state index in [-0.39, 0.29) is 29.2 Å². The summed E-state index contributed by atoms with van der Waals surface area (Å²) in [5.74, 6) is -0.719. The molecule has 1 N–H and O–H groups in total. The van der Waals surface area contributed by atoms with Gasteiger partial charge in [0.2, 0.25) is 11.8 Å². The monoisotopic (exact) mass is 340 g/mol. The molecule has 1 heterocycles. The van der Waals surface area contributed by atoms with Crippen LogP contribution in [0.5, 0.6) is 0 Å². The van der Waals surface area contributed by atoms with Crippen molar-refractivity contribution in [3.05, 3.63) is 30.1 Å². The SMILES string of the molecule is CCC1SC(=S)N(CCCC(=O)Nc2ccccc2F)C1=O. The molecular weight excluding hydrogens is 323 g/mol. The Hall–Kier alpha value is -1.47. The Labute approximate surface area is 138 Å². The van der Waals surface area contributed by atoms with Crippen LogP contribution in [-0.2, 0) is 9.59 Å². The molecule has 1 fully saturated rings. The van der Waals surface area contributed by atoms with Gasteiger partial charge in [-0.1, -0.05) is 43.0 Å². The summed E-state index contributed by atoms with van der Waals surface area (Å²) in [5, 5.41) is 2.43. The normalized spacial score (nSPS) is 17.9. The van der Waals surface area contributed by atoms with Crippen molar-refractivity contribution in [2.75, 3.05) is 11.9 Å². The minimum absolute atomic E-state index is 0.0204. The highest BCUT2D eigenvalue weighted by Crippen LogP contribution is 2.29. The van der Waals surface area contributed by atoms with E-state index in [0.717, 1.165) is 6.42 Å². The number of carbonyl (C=O) groups excluding carboxylic acids is 2. The van der Waals surface area contributed by atoms with Gasteiger partial charge in [0.15, 0.2) is 0 Å². The zero-order chi connectivity index (χ0) is 16.1. The molecule has 1 atom stereocenters. The summed E-state index contributed by atoms with van der Waals surface area (Å²) in [6, 6.07) is 6.02. The first-order chi connectivity index (χ1) is 10.5. The number of thiocarbonyl (C=S) groups is 1. The number of rotatable bonds is 6. The molecule has 1 unspecified atom stereocenters. The van der Waals surface area contributed by atoms with Crippen molar-refractivity contribution in [2.24, 2.45) is 0 Å². The molecule has 2 rings (SSSR count). The van der Waals surface area contributed by atoms with Gasteiger partial charge < -0.3 is 5.32 Å². The predicted molar refractivity (Wildman–Crippen MR) is 90.2 cm³/mol. The van der Waals surface area contributed by atoms with Crippen molar-refractivity contribution in [1.29, 1.82) is 0 Å². The number of benzene rings is 1. The smallest absolute Gasteiger partial charge is 0.241 e. The largest absolute Gasteiger partial charge is 0.324 e. The Kier molecular flexibility index (Phi) is 5.90. The molecule has 4 nitrogen and oxygen atoms in total. The number of hydrogen-bond acceptors (Lipinski definition) is 4. The van der Waals surface area contributed by atoms with Crippen LogP contribution in [0.1, 0.15) is 26.2 Å². The van der Waals surface area contributed by atoms with Crippen LogP contribution >= 0.6 is 24.0 Å². The summed E-state index contributed by atoms with van der Waals surface area (Å²) in [6.45, 7) is 2.37. The number of thioether (sulfide) groups is 1. The zero-order valence-electron chi connectivity index (χ0n) is 12.2. The van der Waals surface area contributed by atoms with Crippen molar-refractivity contribution in [3.63, 3.8) is 0 Å². The maximum atomic E-state index is 13.4. The third kappa shape index (κ3) is 4.04. The molecule has 1 aliphatic rings. The van der Waals surface area contributed by atoms with E-state index in [0.29, 0.717) is 17.3 Å². The van der Waals surface area contributed by atoms with E-state index in [1.807, 2.05) is 6.92 Å². The number of amides is 2. The van der Waals surface area contributed by atoms with Crippen LogP contribution in [0, 0.1) is 5.82 Å². The molecule has 0 saturated carbocycles. The second-order valence-electron chi connectivity index (χ2n) is 4.90. The first-order valence-corrected chi connectivity index (χ1v) is 8.38. The van der Waals surface area contributed by atoms with Gasteiger partial charge in [-0.15, -0.1) is 0 Å². The molecule has 2 amide bonds. The Balaban J connectivity index is 1.79. The molecule has 7 heteroatoms. The molecule has 1 aromatic carbocycles. The summed E-state index contributed by atoms with van der Waals surface area (Å²) < 4.78 is 14.0. The van der Waals surface area contributed by atoms with Crippen molar-refractivity contribution >= 4 is 45.8 Å². The number of nitrogens with one attached hydrogen (secondary N) is 1. The summed E-state index contributed by atoms with van der Waals surface area (Å²) in [5.41, 5.74) is 0.168. The minimum atomic E-state index is -0.464. The number of nitrogens with zero attached hydrogens (tertiary/aromatic N) is 1. The van der Waals surface area contributed by atoms with E-state index in [9.17, 15) is 14.0 Å². The van der Waals surface area contributed by atoms with E-state index in [4.69, 9.17) is 12.2 Å². The molecule has 0 aromatic heterocycles. The number of carbonyl (C=O) groups is 2. The highest BCUT2D eigenvalue weighted by atomic mass is 32.2. The molecular formula is C15H17FN2O2S2. The first kappa shape index (κ1) is 16.9. The lowest BCUT2D eigenvalue weighted by atomic mass is 10.2. The second-order valence-corrected chi connectivity index (χ2v) is 6.74. The lowest BCUT2D eigenvalue weighted by Gasteiger charge is -2.15. The number of hydrogen-bond donors (Lipinski definition) is 1. The maximum absolute atomic E-state index is 13.4. The highest BCUT2D eigenvalue weighted by molar-refractivity contribution is 8.24. The van der Waals surface area contributed by atoms with Crippen LogP contribution in [0.3, 0.4) is 0 Å². The molecule has 22 heavy (non-hydrogen) atoms. The molecule has 1 aromatic rings. The molecule has 1 saturated heterocycles. The van der Waals surface area contributed by atoms with Crippen molar-refractivity contribution < 1.29 is 14.0 Å². The fourth-order valence-electron chi connectivity index (χ4n) is 2.13. The number of halogens is 1. The van der Waals surface area contributed by atoms with Gasteiger partial charge in [-0.25, -0.2) is 4.39 Å². The standard InChI is InChI=1S/C15H17FN2O2S2/c1-2-12-14(20)18(15(21)22-12)9-5-8-13(19)17-11-7-4-3-6-10(11)16/h3-4,6-7,12H,2,5,8-9H2,1H3,(H,17,19). The maximum Gasteiger partial charge on any atom is 0.241 e. The average Bonchev–Trinajstić information content (AvgIpc) is 2.77. The molecule has 0 bridgehead atoms. The fourth-order valence-corrected chi connectivity index (χ4v) is 3.61. The summed E-state index contributed by atoms with van der Waals surface area (Å²) in [6.07, 6.45) is 1.44.